The van der Waals surface area contributed by atoms with Gasteiger partial charge in [0.1, 0.15) is 0 Å². The highest BCUT2D eigenvalue weighted by molar-refractivity contribution is 7.92. The Morgan fingerprint density at radius 2 is 1.73 bits per heavy atom. The number of halogens is 2. The zero-order valence-electron chi connectivity index (χ0n) is 14.9. The zero-order chi connectivity index (χ0) is 19.8. The maximum atomic E-state index is 13.1. The van der Waals surface area contributed by atoms with Crippen molar-refractivity contribution in [3.05, 3.63) is 39.5 Å². The fourth-order valence-corrected chi connectivity index (χ4v) is 3.42. The van der Waals surface area contributed by atoms with Gasteiger partial charge in [0.05, 0.1) is 27.6 Å². The lowest BCUT2D eigenvalue weighted by atomic mass is 9.97. The number of sulfonamides is 1. The van der Waals surface area contributed by atoms with Crippen LogP contribution in [0.2, 0.25) is 10.0 Å². The van der Waals surface area contributed by atoms with Crippen molar-refractivity contribution in [3.63, 3.8) is 0 Å². The van der Waals surface area contributed by atoms with Gasteiger partial charge in [-0.3, -0.25) is 13.9 Å². The van der Waals surface area contributed by atoms with E-state index in [1.807, 2.05) is 0 Å². The summed E-state index contributed by atoms with van der Waals surface area (Å²) in [6.45, 7) is 0. The van der Waals surface area contributed by atoms with Crippen molar-refractivity contribution in [1.29, 1.82) is 0 Å². The number of carbonyl (C=O) groups is 2. The monoisotopic (exact) mass is 418 g/mol. The van der Waals surface area contributed by atoms with E-state index >= 15 is 0 Å². The average Bonchev–Trinajstić information content (AvgIpc) is 3.37. The van der Waals surface area contributed by atoms with E-state index in [9.17, 15) is 18.0 Å². The Morgan fingerprint density at radius 3 is 2.19 bits per heavy atom. The fourth-order valence-electron chi connectivity index (χ4n) is 2.40. The summed E-state index contributed by atoms with van der Waals surface area (Å²) in [4.78, 5) is 27.3. The highest BCUT2D eigenvalue weighted by atomic mass is 35.5. The second-order valence-electron chi connectivity index (χ2n) is 6.46. The first-order valence-corrected chi connectivity index (χ1v) is 10.4. The van der Waals surface area contributed by atoms with E-state index in [1.165, 1.54) is 25.4 Å². The number of allylic oxidation sites excluding steroid dienone is 1. The van der Waals surface area contributed by atoms with Crippen molar-refractivity contribution in [3.8, 4) is 0 Å². The minimum absolute atomic E-state index is 0.000889. The Labute approximate surface area is 163 Å². The number of anilines is 1. The smallest absolute Gasteiger partial charge is 0.232 e. The molecular weight excluding hydrogens is 399 g/mol. The third-order valence-electron chi connectivity index (χ3n) is 3.97. The Balaban J connectivity index is 2.64. The molecule has 0 N–H and O–H groups in total. The van der Waals surface area contributed by atoms with Gasteiger partial charge in [-0.25, -0.2) is 8.42 Å². The van der Waals surface area contributed by atoms with E-state index in [1.54, 1.807) is 19.0 Å². The largest absolute Gasteiger partial charge is 0.383 e. The fraction of sp³-hybridized carbons (Fsp3) is 0.412. The lowest BCUT2D eigenvalue weighted by molar-refractivity contribution is -0.116. The molecule has 9 heteroatoms. The lowest BCUT2D eigenvalue weighted by Crippen LogP contribution is -2.28. The summed E-state index contributed by atoms with van der Waals surface area (Å²) in [6.07, 6.45) is 3.93. The molecule has 26 heavy (non-hydrogen) atoms. The van der Waals surface area contributed by atoms with Gasteiger partial charge in [0.15, 0.2) is 11.6 Å². The van der Waals surface area contributed by atoms with E-state index in [0.717, 1.165) is 23.4 Å². The molecule has 142 valence electrons. The second kappa shape index (κ2) is 7.58. The lowest BCUT2D eigenvalue weighted by Gasteiger charge is -2.22. The van der Waals surface area contributed by atoms with E-state index in [2.05, 4.69) is 0 Å². The highest BCUT2D eigenvalue weighted by Gasteiger charge is 2.36. The summed E-state index contributed by atoms with van der Waals surface area (Å²) >= 11 is 12.2. The summed E-state index contributed by atoms with van der Waals surface area (Å²) in [7, 11) is 0.979. The minimum Gasteiger partial charge on any atom is -0.383 e. The first kappa shape index (κ1) is 20.7. The van der Waals surface area contributed by atoms with Crippen LogP contribution in [0, 0.1) is 5.92 Å². The highest BCUT2D eigenvalue weighted by Crippen LogP contribution is 2.39. The van der Waals surface area contributed by atoms with Gasteiger partial charge >= 0.3 is 0 Å². The molecule has 1 aromatic carbocycles. The standard InChI is InChI=1S/C17H20Cl2N2O4S/c1-20(2)9-12(16(22)10-5-6-10)17(23)11-7-8-13(18)14(19)15(11)21(3)26(4,24)25/h7-10H,5-6H2,1-4H3/b12-9+. The number of hydrogen-bond donors (Lipinski definition) is 0. The molecule has 0 spiro atoms. The molecule has 0 aliphatic heterocycles. The van der Waals surface area contributed by atoms with Crippen LogP contribution in [-0.4, -0.2) is 52.3 Å². The van der Waals surface area contributed by atoms with Crippen LogP contribution in [0.3, 0.4) is 0 Å². The van der Waals surface area contributed by atoms with Crippen LogP contribution in [0.15, 0.2) is 23.9 Å². The molecule has 6 nitrogen and oxygen atoms in total. The van der Waals surface area contributed by atoms with E-state index < -0.39 is 15.8 Å². The predicted octanol–water partition coefficient (Wildman–Crippen LogP) is 3.00. The first-order valence-electron chi connectivity index (χ1n) is 7.84. The van der Waals surface area contributed by atoms with Crippen LogP contribution < -0.4 is 4.31 Å². The first-order chi connectivity index (χ1) is 11.9. The van der Waals surface area contributed by atoms with E-state index in [4.69, 9.17) is 23.2 Å². The van der Waals surface area contributed by atoms with Gasteiger partial charge in [-0.05, 0) is 25.0 Å². The number of Topliss-reactive ketones (excluding diaryl/α,β-unsaturated/α-hetero) is 2. The van der Waals surface area contributed by atoms with E-state index in [0.29, 0.717) is 0 Å². The van der Waals surface area contributed by atoms with Crippen LogP contribution in [0.25, 0.3) is 0 Å². The van der Waals surface area contributed by atoms with Gasteiger partial charge in [-0.15, -0.1) is 0 Å². The Bertz CT molecular complexity index is 890. The quantitative estimate of drug-likeness (QED) is 0.294. The SMILES string of the molecule is CN(C)/C=C(/C(=O)c1ccc(Cl)c(Cl)c1N(C)S(C)(=O)=O)C(=O)C1CC1. The van der Waals surface area contributed by atoms with Crippen LogP contribution >= 0.6 is 23.2 Å². The molecule has 0 unspecified atom stereocenters. The van der Waals surface area contributed by atoms with E-state index in [-0.39, 0.29) is 38.6 Å². The third-order valence-corrected chi connectivity index (χ3v) is 5.94. The minimum atomic E-state index is -3.70. The van der Waals surface area contributed by atoms with Crippen molar-refractivity contribution in [2.75, 3.05) is 31.7 Å². The number of benzene rings is 1. The number of ketones is 2. The van der Waals surface area contributed by atoms with Crippen molar-refractivity contribution in [1.82, 2.24) is 4.90 Å². The van der Waals surface area contributed by atoms with Crippen LogP contribution in [-0.2, 0) is 14.8 Å². The van der Waals surface area contributed by atoms with Crippen molar-refractivity contribution in [2.45, 2.75) is 12.8 Å². The average molecular weight is 419 g/mol. The van der Waals surface area contributed by atoms with Crippen molar-refractivity contribution >= 4 is 50.5 Å². The normalized spacial score (nSPS) is 14.9. The topological polar surface area (TPSA) is 74.8 Å². The zero-order valence-corrected chi connectivity index (χ0v) is 17.2. The van der Waals surface area contributed by atoms with Crippen LogP contribution in [0.1, 0.15) is 23.2 Å². The van der Waals surface area contributed by atoms with Gasteiger partial charge in [-0.2, -0.15) is 0 Å². The summed E-state index contributed by atoms with van der Waals surface area (Å²) in [5, 5.41) is 0.0499. The molecule has 1 aromatic rings. The molecule has 0 aromatic heterocycles. The molecular formula is C17H20Cl2N2O4S. The molecule has 0 saturated heterocycles. The maximum Gasteiger partial charge on any atom is 0.232 e. The third kappa shape index (κ3) is 4.39. The molecule has 2 rings (SSSR count). The molecule has 1 saturated carbocycles. The van der Waals surface area contributed by atoms with Crippen LogP contribution in [0.4, 0.5) is 5.69 Å². The van der Waals surface area contributed by atoms with Gasteiger partial charge < -0.3 is 4.90 Å². The number of nitrogens with zero attached hydrogens (tertiary/aromatic N) is 2. The molecule has 0 heterocycles. The number of hydrogen-bond acceptors (Lipinski definition) is 5. The summed E-state index contributed by atoms with van der Waals surface area (Å²) in [6, 6.07) is 2.79. The summed E-state index contributed by atoms with van der Waals surface area (Å²) in [5.74, 6) is -0.994. The van der Waals surface area contributed by atoms with Gasteiger partial charge in [-0.1, -0.05) is 23.2 Å². The Hall–Kier alpha value is -1.57. The molecule has 0 bridgehead atoms. The molecule has 1 fully saturated rings. The molecule has 1 aliphatic rings. The summed E-state index contributed by atoms with van der Waals surface area (Å²) in [5.41, 5.74) is -0.0339. The molecule has 1 aliphatic carbocycles. The van der Waals surface area contributed by atoms with Gasteiger partial charge in [0.25, 0.3) is 0 Å². The molecule has 0 atom stereocenters. The predicted molar refractivity (Wildman–Crippen MR) is 104 cm³/mol. The van der Waals surface area contributed by atoms with Gasteiger partial charge in [0, 0.05) is 38.8 Å². The Kier molecular flexibility index (Phi) is 6.05. The molecule has 0 amide bonds. The van der Waals surface area contributed by atoms with Gasteiger partial charge in [0.2, 0.25) is 10.0 Å². The maximum absolute atomic E-state index is 13.1. The number of carbonyl (C=O) groups excluding carboxylic acids is 2. The van der Waals surface area contributed by atoms with Crippen LogP contribution in [0.5, 0.6) is 0 Å². The van der Waals surface area contributed by atoms with Crippen molar-refractivity contribution in [2.24, 2.45) is 5.92 Å². The second-order valence-corrected chi connectivity index (χ2v) is 9.26. The summed E-state index contributed by atoms with van der Waals surface area (Å²) < 4.78 is 24.9. The molecule has 0 radical (unpaired) electrons. The van der Waals surface area contributed by atoms with Crippen molar-refractivity contribution < 1.29 is 18.0 Å². The Morgan fingerprint density at radius 1 is 1.15 bits per heavy atom. The number of rotatable bonds is 7.